The van der Waals surface area contributed by atoms with Crippen molar-refractivity contribution in [2.75, 3.05) is 7.11 Å². The molecule has 0 amide bonds. The number of aromatic nitrogens is 1. The van der Waals surface area contributed by atoms with E-state index in [1.165, 1.54) is 0 Å². The van der Waals surface area contributed by atoms with Crippen LogP contribution in [0.4, 0.5) is 0 Å². The van der Waals surface area contributed by atoms with Crippen LogP contribution in [-0.2, 0) is 9.31 Å². The number of fused-ring (bicyclic) bond motifs is 1. The second-order valence-electron chi connectivity index (χ2n) is 6.21. The molecule has 106 valence electrons. The van der Waals surface area contributed by atoms with Crippen LogP contribution < -0.4 is 10.2 Å². The normalized spacial score (nSPS) is 20.6. The monoisotopic (exact) mass is 273 g/mol. The van der Waals surface area contributed by atoms with Crippen molar-refractivity contribution in [3.63, 3.8) is 0 Å². The number of rotatable bonds is 2. The summed E-state index contributed by atoms with van der Waals surface area (Å²) in [6, 6.07) is 5.96. The van der Waals surface area contributed by atoms with Gasteiger partial charge in [0.2, 0.25) is 0 Å². The first-order valence-electron chi connectivity index (χ1n) is 6.85. The van der Waals surface area contributed by atoms with Gasteiger partial charge in [-0.3, -0.25) is 0 Å². The Morgan fingerprint density at radius 2 is 1.70 bits per heavy atom. The number of H-pyrrole nitrogens is 1. The Balaban J connectivity index is 2.07. The molecule has 1 aliphatic heterocycles. The van der Waals surface area contributed by atoms with Gasteiger partial charge >= 0.3 is 7.12 Å². The molecule has 0 aliphatic carbocycles. The molecule has 0 atom stereocenters. The highest BCUT2D eigenvalue weighted by atomic mass is 16.7. The maximum absolute atomic E-state index is 6.12. The van der Waals surface area contributed by atoms with Gasteiger partial charge in [0.25, 0.3) is 0 Å². The minimum atomic E-state index is -0.368. The molecular weight excluding hydrogens is 253 g/mol. The predicted molar refractivity (Wildman–Crippen MR) is 80.6 cm³/mol. The van der Waals surface area contributed by atoms with Gasteiger partial charge in [0.1, 0.15) is 5.75 Å². The van der Waals surface area contributed by atoms with Crippen LogP contribution in [0, 0.1) is 0 Å². The van der Waals surface area contributed by atoms with E-state index in [2.05, 4.69) is 32.7 Å². The lowest BCUT2D eigenvalue weighted by molar-refractivity contribution is 0.00578. The minimum absolute atomic E-state index is 0.337. The molecule has 0 unspecified atom stereocenters. The lowest BCUT2D eigenvalue weighted by atomic mass is 9.78. The Kier molecular flexibility index (Phi) is 2.89. The molecule has 3 rings (SSSR count). The lowest BCUT2D eigenvalue weighted by Crippen LogP contribution is -2.41. The lowest BCUT2D eigenvalue weighted by Gasteiger charge is -2.32. The third kappa shape index (κ3) is 1.85. The zero-order valence-corrected chi connectivity index (χ0v) is 12.6. The number of ether oxygens (including phenoxy) is 1. The van der Waals surface area contributed by atoms with Gasteiger partial charge in [-0.2, -0.15) is 0 Å². The van der Waals surface area contributed by atoms with Crippen molar-refractivity contribution < 1.29 is 14.0 Å². The molecule has 0 spiro atoms. The predicted octanol–water partition coefficient (Wildman–Crippen LogP) is 2.48. The molecule has 2 aromatic rings. The van der Waals surface area contributed by atoms with Crippen molar-refractivity contribution in [3.8, 4) is 5.75 Å². The standard InChI is InChI=1S/C15H20BNO3/c1-14(2)15(3,4)20-16(19-14)11-6-7-12(18-5)10-8-9-17-13(10)11/h6-9,17H,1-5H3. The minimum Gasteiger partial charge on any atom is -0.496 e. The molecule has 1 aromatic carbocycles. The van der Waals surface area contributed by atoms with E-state index in [1.54, 1.807) is 7.11 Å². The summed E-state index contributed by atoms with van der Waals surface area (Å²) in [6.45, 7) is 8.23. The van der Waals surface area contributed by atoms with E-state index < -0.39 is 0 Å². The zero-order valence-electron chi connectivity index (χ0n) is 12.6. The smallest absolute Gasteiger partial charge is 0.496 e. The molecule has 0 radical (unpaired) electrons. The highest BCUT2D eigenvalue weighted by Crippen LogP contribution is 2.37. The molecule has 20 heavy (non-hydrogen) atoms. The molecular formula is C15H20BNO3. The summed E-state index contributed by atoms with van der Waals surface area (Å²) >= 11 is 0. The summed E-state index contributed by atoms with van der Waals surface area (Å²) in [5.41, 5.74) is 1.33. The topological polar surface area (TPSA) is 43.5 Å². The summed E-state index contributed by atoms with van der Waals surface area (Å²) in [6.07, 6.45) is 1.90. The Morgan fingerprint density at radius 3 is 2.30 bits per heavy atom. The molecule has 1 fully saturated rings. The molecule has 0 bridgehead atoms. The summed E-state index contributed by atoms with van der Waals surface area (Å²) in [5.74, 6) is 0.849. The number of hydrogen-bond donors (Lipinski definition) is 1. The van der Waals surface area contributed by atoms with E-state index in [0.29, 0.717) is 0 Å². The maximum Gasteiger partial charge on any atom is 0.497 e. The Labute approximate surface area is 119 Å². The van der Waals surface area contributed by atoms with Crippen molar-refractivity contribution in [2.24, 2.45) is 0 Å². The van der Waals surface area contributed by atoms with Crippen LogP contribution in [0.1, 0.15) is 27.7 Å². The van der Waals surface area contributed by atoms with Crippen molar-refractivity contribution in [1.82, 2.24) is 4.98 Å². The summed E-state index contributed by atoms with van der Waals surface area (Å²) < 4.78 is 17.6. The fraction of sp³-hybridized carbons (Fsp3) is 0.467. The van der Waals surface area contributed by atoms with E-state index in [1.807, 2.05) is 24.4 Å². The van der Waals surface area contributed by atoms with Gasteiger partial charge in [-0.15, -0.1) is 0 Å². The van der Waals surface area contributed by atoms with Gasteiger partial charge in [-0.05, 0) is 39.8 Å². The van der Waals surface area contributed by atoms with Gasteiger partial charge in [-0.25, -0.2) is 0 Å². The number of benzene rings is 1. The molecule has 2 heterocycles. The quantitative estimate of drug-likeness (QED) is 0.855. The van der Waals surface area contributed by atoms with Crippen molar-refractivity contribution in [3.05, 3.63) is 24.4 Å². The number of aromatic amines is 1. The first-order valence-corrected chi connectivity index (χ1v) is 6.85. The fourth-order valence-electron chi connectivity index (χ4n) is 2.50. The average Bonchev–Trinajstić information content (AvgIpc) is 2.91. The van der Waals surface area contributed by atoms with E-state index in [0.717, 1.165) is 22.1 Å². The van der Waals surface area contributed by atoms with Crippen LogP contribution in [-0.4, -0.2) is 30.4 Å². The highest BCUT2D eigenvalue weighted by Gasteiger charge is 2.52. The summed E-state index contributed by atoms with van der Waals surface area (Å²) in [4.78, 5) is 3.25. The van der Waals surface area contributed by atoms with Crippen molar-refractivity contribution in [2.45, 2.75) is 38.9 Å². The van der Waals surface area contributed by atoms with Gasteiger partial charge in [0.15, 0.2) is 0 Å². The number of methoxy groups -OCH3 is 1. The van der Waals surface area contributed by atoms with Crippen LogP contribution in [0.5, 0.6) is 5.75 Å². The van der Waals surface area contributed by atoms with E-state index in [9.17, 15) is 0 Å². The maximum atomic E-state index is 6.12. The second-order valence-corrected chi connectivity index (χ2v) is 6.21. The first-order chi connectivity index (χ1) is 9.36. The molecule has 1 N–H and O–H groups in total. The van der Waals surface area contributed by atoms with Gasteiger partial charge < -0.3 is 19.0 Å². The Hall–Kier alpha value is -1.46. The van der Waals surface area contributed by atoms with E-state index in [4.69, 9.17) is 14.0 Å². The molecule has 1 saturated heterocycles. The summed E-state index contributed by atoms with van der Waals surface area (Å²) in [7, 11) is 1.31. The summed E-state index contributed by atoms with van der Waals surface area (Å²) in [5, 5.41) is 1.04. The molecule has 1 aliphatic rings. The molecule has 1 aromatic heterocycles. The third-order valence-corrected chi connectivity index (χ3v) is 4.44. The van der Waals surface area contributed by atoms with Crippen LogP contribution in [0.2, 0.25) is 0 Å². The third-order valence-electron chi connectivity index (χ3n) is 4.44. The highest BCUT2D eigenvalue weighted by molar-refractivity contribution is 6.65. The number of nitrogens with one attached hydrogen (secondary N) is 1. The van der Waals surface area contributed by atoms with Gasteiger partial charge in [0.05, 0.1) is 18.3 Å². The first kappa shape index (κ1) is 13.5. The van der Waals surface area contributed by atoms with Crippen LogP contribution in [0.25, 0.3) is 10.9 Å². The van der Waals surface area contributed by atoms with Crippen molar-refractivity contribution >= 4 is 23.5 Å². The largest absolute Gasteiger partial charge is 0.497 e. The SMILES string of the molecule is COc1ccc(B2OC(C)(C)C(C)(C)O2)c2[nH]ccc12. The molecule has 5 heteroatoms. The van der Waals surface area contributed by atoms with Crippen LogP contribution >= 0.6 is 0 Å². The Bertz CT molecular complexity index is 632. The van der Waals surface area contributed by atoms with Gasteiger partial charge in [0, 0.05) is 22.6 Å². The Morgan fingerprint density at radius 1 is 1.05 bits per heavy atom. The molecule has 4 nitrogen and oxygen atoms in total. The second kappa shape index (κ2) is 4.27. The zero-order chi connectivity index (χ0) is 14.5. The van der Waals surface area contributed by atoms with Gasteiger partial charge in [-0.1, -0.05) is 6.07 Å². The van der Waals surface area contributed by atoms with E-state index in [-0.39, 0.29) is 18.3 Å². The average molecular weight is 273 g/mol. The van der Waals surface area contributed by atoms with E-state index >= 15 is 0 Å². The van der Waals surface area contributed by atoms with Crippen LogP contribution in [0.15, 0.2) is 24.4 Å². The number of hydrogen-bond acceptors (Lipinski definition) is 3. The molecule has 0 saturated carbocycles. The fourth-order valence-corrected chi connectivity index (χ4v) is 2.50. The van der Waals surface area contributed by atoms with Crippen LogP contribution in [0.3, 0.4) is 0 Å². The van der Waals surface area contributed by atoms with Crippen molar-refractivity contribution in [1.29, 1.82) is 0 Å².